The fraction of sp³-hybridized carbons (Fsp3) is 0.519. The normalized spacial score (nSPS) is 17.0. The molecule has 0 saturated carbocycles. The second-order valence-corrected chi connectivity index (χ2v) is 10.3. The summed E-state index contributed by atoms with van der Waals surface area (Å²) in [5, 5.41) is 0.684. The number of piperazine rings is 1. The number of amides is 2. The molecule has 0 bridgehead atoms. The van der Waals surface area contributed by atoms with Gasteiger partial charge in [0.05, 0.1) is 10.7 Å². The Bertz CT molecular complexity index is 1110. The van der Waals surface area contributed by atoms with E-state index in [0.29, 0.717) is 56.8 Å². The minimum atomic E-state index is -0.460. The van der Waals surface area contributed by atoms with E-state index < -0.39 is 5.43 Å². The Morgan fingerprint density at radius 1 is 0.829 bits per heavy atom. The van der Waals surface area contributed by atoms with Gasteiger partial charge >= 0.3 is 0 Å². The maximum Gasteiger partial charge on any atom is 0.259 e. The fourth-order valence-electron chi connectivity index (χ4n) is 4.94. The zero-order valence-corrected chi connectivity index (χ0v) is 21.5. The maximum atomic E-state index is 13.5. The number of rotatable bonds is 5. The lowest BCUT2D eigenvalue weighted by Gasteiger charge is -2.36. The number of carbonyl (C=O) groups excluding carboxylic acids is 2. The third-order valence-electron chi connectivity index (χ3n) is 6.77. The molecule has 2 aromatic rings. The lowest BCUT2D eigenvalue weighted by Crippen LogP contribution is -2.50. The molecule has 3 heterocycles. The summed E-state index contributed by atoms with van der Waals surface area (Å²) in [5.41, 5.74) is 0.675. The number of anilines is 1. The SMILES string of the molecule is CC(C)Cn1cc(C(=O)N2CCCCCC2)c(=O)c(C(=O)N2CCN(c3ccccc3Cl)CC2)c1. The highest BCUT2D eigenvalue weighted by Gasteiger charge is 2.28. The van der Waals surface area contributed by atoms with Crippen molar-refractivity contribution in [1.29, 1.82) is 0 Å². The summed E-state index contributed by atoms with van der Waals surface area (Å²) >= 11 is 6.35. The van der Waals surface area contributed by atoms with E-state index in [9.17, 15) is 14.4 Å². The summed E-state index contributed by atoms with van der Waals surface area (Å²) in [4.78, 5) is 46.0. The minimum absolute atomic E-state index is 0.0810. The number of halogens is 1. The molecule has 8 heteroatoms. The monoisotopic (exact) mass is 498 g/mol. The molecule has 7 nitrogen and oxygen atoms in total. The summed E-state index contributed by atoms with van der Waals surface area (Å²) in [7, 11) is 0. The number of aromatic nitrogens is 1. The second-order valence-electron chi connectivity index (χ2n) is 9.94. The molecule has 0 atom stereocenters. The van der Waals surface area contributed by atoms with Gasteiger partial charge in [0.2, 0.25) is 5.43 Å². The molecule has 2 aliphatic rings. The second kappa shape index (κ2) is 11.3. The van der Waals surface area contributed by atoms with Gasteiger partial charge in [-0.2, -0.15) is 0 Å². The molecule has 0 radical (unpaired) electrons. The number of likely N-dealkylation sites (tertiary alicyclic amines) is 1. The zero-order valence-electron chi connectivity index (χ0n) is 20.7. The number of pyridine rings is 1. The number of hydrogen-bond donors (Lipinski definition) is 0. The third-order valence-corrected chi connectivity index (χ3v) is 7.09. The first kappa shape index (κ1) is 25.3. The van der Waals surface area contributed by atoms with Gasteiger partial charge in [-0.05, 0) is 30.9 Å². The van der Waals surface area contributed by atoms with Crippen molar-refractivity contribution >= 4 is 29.1 Å². The van der Waals surface area contributed by atoms with Gasteiger partial charge in [-0.15, -0.1) is 0 Å². The smallest absolute Gasteiger partial charge is 0.259 e. The van der Waals surface area contributed by atoms with Gasteiger partial charge in [0.1, 0.15) is 11.1 Å². The Hall–Kier alpha value is -2.80. The van der Waals surface area contributed by atoms with E-state index in [1.165, 1.54) is 0 Å². The van der Waals surface area contributed by atoms with Crippen LogP contribution in [-0.4, -0.2) is 65.4 Å². The van der Waals surface area contributed by atoms with E-state index in [1.807, 2.05) is 28.8 Å². The molecular formula is C27H35ClN4O3. The third kappa shape index (κ3) is 5.89. The lowest BCUT2D eigenvalue weighted by molar-refractivity contribution is 0.0743. The van der Waals surface area contributed by atoms with Gasteiger partial charge < -0.3 is 19.3 Å². The van der Waals surface area contributed by atoms with Crippen LogP contribution in [0.15, 0.2) is 41.5 Å². The first-order valence-corrected chi connectivity index (χ1v) is 13.0. The minimum Gasteiger partial charge on any atom is -0.367 e. The van der Waals surface area contributed by atoms with E-state index in [4.69, 9.17) is 11.6 Å². The molecule has 2 amide bonds. The first-order valence-electron chi connectivity index (χ1n) is 12.7. The van der Waals surface area contributed by atoms with Crippen LogP contribution in [-0.2, 0) is 6.54 Å². The van der Waals surface area contributed by atoms with E-state index in [0.717, 1.165) is 31.4 Å². The Kier molecular flexibility index (Phi) is 8.16. The van der Waals surface area contributed by atoms with Crippen LogP contribution < -0.4 is 10.3 Å². The molecule has 0 aliphatic carbocycles. The van der Waals surface area contributed by atoms with Crippen LogP contribution in [0.25, 0.3) is 0 Å². The van der Waals surface area contributed by atoms with Crippen LogP contribution in [0, 0.1) is 5.92 Å². The van der Waals surface area contributed by atoms with Crippen LogP contribution in [0.4, 0.5) is 5.69 Å². The number of carbonyl (C=O) groups is 2. The van der Waals surface area contributed by atoms with Crippen molar-refractivity contribution < 1.29 is 9.59 Å². The Morgan fingerprint density at radius 2 is 1.37 bits per heavy atom. The molecular weight excluding hydrogens is 464 g/mol. The van der Waals surface area contributed by atoms with E-state index in [2.05, 4.69) is 18.7 Å². The van der Waals surface area contributed by atoms with Gasteiger partial charge in [-0.25, -0.2) is 0 Å². The number of benzene rings is 1. The molecule has 1 aromatic carbocycles. The molecule has 2 aliphatic heterocycles. The van der Waals surface area contributed by atoms with E-state index >= 15 is 0 Å². The lowest BCUT2D eigenvalue weighted by atomic mass is 10.1. The number of para-hydroxylation sites is 1. The van der Waals surface area contributed by atoms with Crippen LogP contribution in [0.1, 0.15) is 60.2 Å². The quantitative estimate of drug-likeness (QED) is 0.621. The van der Waals surface area contributed by atoms with Crippen LogP contribution in [0.2, 0.25) is 5.02 Å². The Labute approximate surface area is 212 Å². The van der Waals surface area contributed by atoms with Crippen molar-refractivity contribution in [3.63, 3.8) is 0 Å². The Morgan fingerprint density at radius 3 is 1.91 bits per heavy atom. The summed E-state index contributed by atoms with van der Waals surface area (Å²) in [5.74, 6) is -0.259. The molecule has 4 rings (SSSR count). The highest BCUT2D eigenvalue weighted by molar-refractivity contribution is 6.33. The largest absolute Gasteiger partial charge is 0.367 e. The van der Waals surface area contributed by atoms with E-state index in [-0.39, 0.29) is 22.9 Å². The highest BCUT2D eigenvalue weighted by Crippen LogP contribution is 2.26. The van der Waals surface area contributed by atoms with Crippen molar-refractivity contribution in [3.05, 3.63) is 63.0 Å². The zero-order chi connectivity index (χ0) is 24.9. The molecule has 188 valence electrons. The van der Waals surface area contributed by atoms with Gasteiger partial charge in [-0.1, -0.05) is 50.4 Å². The average Bonchev–Trinajstić information content (AvgIpc) is 3.14. The predicted molar refractivity (Wildman–Crippen MR) is 139 cm³/mol. The number of hydrogen-bond acceptors (Lipinski definition) is 4. The molecule has 0 unspecified atom stereocenters. The van der Waals surface area contributed by atoms with Crippen LogP contribution in [0.3, 0.4) is 0 Å². The molecule has 35 heavy (non-hydrogen) atoms. The van der Waals surface area contributed by atoms with Gasteiger partial charge in [0, 0.05) is 58.2 Å². The molecule has 2 fully saturated rings. The van der Waals surface area contributed by atoms with E-state index in [1.54, 1.807) is 22.2 Å². The maximum absolute atomic E-state index is 13.5. The molecule has 1 aromatic heterocycles. The predicted octanol–water partition coefficient (Wildman–Crippen LogP) is 4.14. The molecule has 2 saturated heterocycles. The van der Waals surface area contributed by atoms with Gasteiger partial charge in [0.25, 0.3) is 11.8 Å². The topological polar surface area (TPSA) is 65.9 Å². The summed E-state index contributed by atoms with van der Waals surface area (Å²) in [6.45, 7) is 8.31. The van der Waals surface area contributed by atoms with Crippen molar-refractivity contribution in [1.82, 2.24) is 14.4 Å². The fourth-order valence-corrected chi connectivity index (χ4v) is 5.19. The standard InChI is InChI=1S/C27H35ClN4O3/c1-20(2)17-29-18-21(26(34)31-11-7-3-4-8-12-31)25(33)22(19-29)27(35)32-15-13-30(14-16-32)24-10-6-5-9-23(24)28/h5-6,9-10,18-20H,3-4,7-8,11-17H2,1-2H3. The van der Waals surface area contributed by atoms with Crippen molar-refractivity contribution in [2.45, 2.75) is 46.1 Å². The number of nitrogens with zero attached hydrogens (tertiary/aromatic N) is 4. The van der Waals surface area contributed by atoms with Gasteiger partial charge in [0.15, 0.2) is 0 Å². The molecule has 0 N–H and O–H groups in total. The van der Waals surface area contributed by atoms with Gasteiger partial charge in [-0.3, -0.25) is 14.4 Å². The van der Waals surface area contributed by atoms with Crippen LogP contribution in [0.5, 0.6) is 0 Å². The first-order chi connectivity index (χ1) is 16.8. The summed E-state index contributed by atoms with van der Waals surface area (Å²) in [6.07, 6.45) is 7.35. The highest BCUT2D eigenvalue weighted by atomic mass is 35.5. The van der Waals surface area contributed by atoms with Crippen molar-refractivity contribution in [2.24, 2.45) is 5.92 Å². The summed E-state index contributed by atoms with van der Waals surface area (Å²) < 4.78 is 1.84. The average molecular weight is 499 g/mol. The summed E-state index contributed by atoms with van der Waals surface area (Å²) in [6, 6.07) is 7.68. The Balaban J connectivity index is 1.58. The van der Waals surface area contributed by atoms with Crippen molar-refractivity contribution in [2.75, 3.05) is 44.2 Å². The van der Waals surface area contributed by atoms with Crippen LogP contribution >= 0.6 is 11.6 Å². The van der Waals surface area contributed by atoms with Crippen molar-refractivity contribution in [3.8, 4) is 0 Å². The molecule has 0 spiro atoms.